The van der Waals surface area contributed by atoms with Crippen molar-refractivity contribution < 1.29 is 4.42 Å². The fourth-order valence-electron chi connectivity index (χ4n) is 4.36. The molecule has 2 heterocycles. The highest BCUT2D eigenvalue weighted by Gasteiger charge is 2.42. The second kappa shape index (κ2) is 7.33. The molecule has 0 amide bonds. The van der Waals surface area contributed by atoms with E-state index in [-0.39, 0.29) is 6.04 Å². The second-order valence-electron chi connectivity index (χ2n) is 7.32. The zero-order valence-electron chi connectivity index (χ0n) is 15.5. The lowest BCUT2D eigenvalue weighted by atomic mass is 9.77. The molecule has 140 valence electrons. The van der Waals surface area contributed by atoms with Crippen LogP contribution in [0.3, 0.4) is 0 Å². The van der Waals surface area contributed by atoms with Crippen LogP contribution in [0.25, 0.3) is 6.08 Å². The molecule has 1 aliphatic heterocycles. The van der Waals surface area contributed by atoms with Crippen molar-refractivity contribution in [1.82, 2.24) is 0 Å². The van der Waals surface area contributed by atoms with Gasteiger partial charge in [0.05, 0.1) is 23.7 Å². The Morgan fingerprint density at radius 1 is 1.00 bits per heavy atom. The van der Waals surface area contributed by atoms with Crippen molar-refractivity contribution in [3.63, 3.8) is 0 Å². The van der Waals surface area contributed by atoms with Gasteiger partial charge in [0, 0.05) is 10.9 Å². The summed E-state index contributed by atoms with van der Waals surface area (Å²) in [6.45, 7) is 0. The number of para-hydroxylation sites is 1. The van der Waals surface area contributed by atoms with Gasteiger partial charge >= 0.3 is 0 Å². The van der Waals surface area contributed by atoms with Crippen LogP contribution < -0.4 is 5.01 Å². The fourth-order valence-corrected chi connectivity index (χ4v) is 4.61. The van der Waals surface area contributed by atoms with E-state index in [2.05, 4.69) is 47.5 Å². The molecule has 0 unspecified atom stereocenters. The maximum Gasteiger partial charge on any atom is 0.126 e. The van der Waals surface area contributed by atoms with Crippen molar-refractivity contribution in [2.24, 2.45) is 11.0 Å². The number of halogens is 1. The highest BCUT2D eigenvalue weighted by Crippen LogP contribution is 2.47. The van der Waals surface area contributed by atoms with Crippen LogP contribution in [0.15, 0.2) is 88.1 Å². The summed E-state index contributed by atoms with van der Waals surface area (Å²) in [7, 11) is 0. The first-order valence-corrected chi connectivity index (χ1v) is 10.1. The number of furan rings is 1. The van der Waals surface area contributed by atoms with Crippen LogP contribution in [-0.4, -0.2) is 5.71 Å². The first-order valence-electron chi connectivity index (χ1n) is 9.73. The van der Waals surface area contributed by atoms with E-state index in [1.54, 1.807) is 6.26 Å². The van der Waals surface area contributed by atoms with Gasteiger partial charge in [-0.15, -0.1) is 0 Å². The molecular formula is C24H21ClN2O. The van der Waals surface area contributed by atoms with Crippen molar-refractivity contribution in [3.05, 3.63) is 94.9 Å². The average Bonchev–Trinajstić information content (AvgIpc) is 3.37. The quantitative estimate of drug-likeness (QED) is 0.497. The summed E-state index contributed by atoms with van der Waals surface area (Å²) in [6.07, 6.45) is 7.12. The third-order valence-corrected chi connectivity index (χ3v) is 5.95. The van der Waals surface area contributed by atoms with Crippen LogP contribution in [0.2, 0.25) is 5.02 Å². The summed E-state index contributed by atoms with van der Waals surface area (Å²) in [5.74, 6) is 1.20. The molecule has 1 aliphatic carbocycles. The van der Waals surface area contributed by atoms with Gasteiger partial charge in [0.15, 0.2) is 0 Å². The molecule has 3 nitrogen and oxygen atoms in total. The fraction of sp³-hybridized carbons (Fsp3) is 0.208. The summed E-state index contributed by atoms with van der Waals surface area (Å²) in [5, 5.41) is 8.08. The molecule has 28 heavy (non-hydrogen) atoms. The number of hydrazone groups is 1. The van der Waals surface area contributed by atoms with Crippen LogP contribution in [-0.2, 0) is 0 Å². The molecule has 0 N–H and O–H groups in total. The van der Waals surface area contributed by atoms with E-state index in [0.29, 0.717) is 5.92 Å². The SMILES string of the molecule is Clc1ccccc1[C@H]1[C@@H]2CCC/C(=C\c3ccco3)C2=NN1c1ccccc1. The van der Waals surface area contributed by atoms with Crippen LogP contribution in [0.5, 0.6) is 0 Å². The van der Waals surface area contributed by atoms with Gasteiger partial charge in [-0.25, -0.2) is 0 Å². The molecule has 2 aromatic carbocycles. The maximum atomic E-state index is 6.63. The van der Waals surface area contributed by atoms with Crippen molar-refractivity contribution in [3.8, 4) is 0 Å². The van der Waals surface area contributed by atoms with E-state index in [0.717, 1.165) is 47.0 Å². The lowest BCUT2D eigenvalue weighted by molar-refractivity contribution is 0.487. The number of rotatable bonds is 3. The smallest absolute Gasteiger partial charge is 0.126 e. The van der Waals surface area contributed by atoms with Crippen molar-refractivity contribution in [2.75, 3.05) is 5.01 Å². The average molecular weight is 389 g/mol. The van der Waals surface area contributed by atoms with E-state index in [4.69, 9.17) is 21.1 Å². The minimum atomic E-state index is 0.103. The summed E-state index contributed by atoms with van der Waals surface area (Å²) >= 11 is 6.63. The van der Waals surface area contributed by atoms with Gasteiger partial charge in [-0.05, 0) is 66.8 Å². The Kier molecular flexibility index (Phi) is 4.53. The van der Waals surface area contributed by atoms with Gasteiger partial charge in [-0.1, -0.05) is 48.0 Å². The van der Waals surface area contributed by atoms with Crippen LogP contribution in [0, 0.1) is 5.92 Å². The van der Waals surface area contributed by atoms with E-state index in [1.165, 1.54) is 5.57 Å². The summed E-state index contributed by atoms with van der Waals surface area (Å²) in [6, 6.07) is 22.5. The van der Waals surface area contributed by atoms with Gasteiger partial charge in [0.2, 0.25) is 0 Å². The van der Waals surface area contributed by atoms with Crippen molar-refractivity contribution in [2.45, 2.75) is 25.3 Å². The maximum absolute atomic E-state index is 6.63. The largest absolute Gasteiger partial charge is 0.465 e. The summed E-state index contributed by atoms with van der Waals surface area (Å²) in [5.41, 5.74) is 4.65. The van der Waals surface area contributed by atoms with Crippen molar-refractivity contribution in [1.29, 1.82) is 0 Å². The lowest BCUT2D eigenvalue weighted by Crippen LogP contribution is -2.28. The molecule has 4 heteroatoms. The third kappa shape index (κ3) is 3.06. The highest BCUT2D eigenvalue weighted by molar-refractivity contribution is 6.31. The minimum absolute atomic E-state index is 0.103. The Morgan fingerprint density at radius 2 is 1.82 bits per heavy atom. The van der Waals surface area contributed by atoms with Crippen LogP contribution >= 0.6 is 11.6 Å². The van der Waals surface area contributed by atoms with Gasteiger partial charge in [0.1, 0.15) is 5.76 Å². The molecular weight excluding hydrogens is 368 g/mol. The van der Waals surface area contributed by atoms with Crippen LogP contribution in [0.1, 0.15) is 36.6 Å². The Hall–Kier alpha value is -2.78. The molecule has 2 aliphatic rings. The van der Waals surface area contributed by atoms with E-state index in [9.17, 15) is 0 Å². The molecule has 0 saturated heterocycles. The summed E-state index contributed by atoms with van der Waals surface area (Å²) in [4.78, 5) is 0. The van der Waals surface area contributed by atoms with E-state index in [1.807, 2.05) is 30.3 Å². The molecule has 0 spiro atoms. The second-order valence-corrected chi connectivity index (χ2v) is 7.72. The number of fused-ring (bicyclic) bond motifs is 1. The van der Waals surface area contributed by atoms with Gasteiger partial charge in [-0.2, -0.15) is 5.10 Å². The van der Waals surface area contributed by atoms with Crippen LogP contribution in [0.4, 0.5) is 5.69 Å². The monoisotopic (exact) mass is 388 g/mol. The first-order chi connectivity index (χ1) is 13.8. The topological polar surface area (TPSA) is 28.7 Å². The predicted octanol–water partition coefficient (Wildman–Crippen LogP) is 6.73. The van der Waals surface area contributed by atoms with E-state index >= 15 is 0 Å². The first kappa shape index (κ1) is 17.3. The number of allylic oxidation sites excluding steroid dienone is 1. The molecule has 2 atom stereocenters. The highest BCUT2D eigenvalue weighted by atomic mass is 35.5. The number of hydrogen-bond donors (Lipinski definition) is 0. The van der Waals surface area contributed by atoms with Gasteiger partial charge in [0.25, 0.3) is 0 Å². The Morgan fingerprint density at radius 3 is 2.61 bits per heavy atom. The molecule has 0 bridgehead atoms. The number of hydrogen-bond acceptors (Lipinski definition) is 3. The number of anilines is 1. The zero-order chi connectivity index (χ0) is 18.9. The van der Waals surface area contributed by atoms with Crippen molar-refractivity contribution >= 4 is 29.1 Å². The Labute approximate surface area is 169 Å². The third-order valence-electron chi connectivity index (χ3n) is 5.61. The lowest BCUT2D eigenvalue weighted by Gasteiger charge is -2.31. The molecule has 1 aromatic heterocycles. The normalized spacial score (nSPS) is 23.0. The molecule has 1 saturated carbocycles. The number of nitrogens with zero attached hydrogens (tertiary/aromatic N) is 2. The van der Waals surface area contributed by atoms with Gasteiger partial charge in [-0.3, -0.25) is 5.01 Å². The Bertz CT molecular complexity index is 1020. The molecule has 5 rings (SSSR count). The Balaban J connectivity index is 1.62. The molecule has 0 radical (unpaired) electrons. The van der Waals surface area contributed by atoms with E-state index < -0.39 is 0 Å². The standard InChI is InChI=1S/C24H21ClN2O/c25-22-14-5-4-12-20(22)24-21-13-6-8-17(16-19-11-7-15-28-19)23(21)26-27(24)18-9-2-1-3-10-18/h1-5,7,9-12,14-16,21,24H,6,8,13H2/b17-16+/t21-,24+/m1/s1. The zero-order valence-corrected chi connectivity index (χ0v) is 16.2. The molecule has 1 fully saturated rings. The molecule has 3 aromatic rings. The summed E-state index contributed by atoms with van der Waals surface area (Å²) < 4.78 is 5.56. The minimum Gasteiger partial charge on any atom is -0.465 e. The predicted molar refractivity (Wildman–Crippen MR) is 115 cm³/mol. The number of benzene rings is 2. The van der Waals surface area contributed by atoms with Gasteiger partial charge < -0.3 is 4.42 Å².